The molecule has 0 aliphatic carbocycles. The number of nitrogens with one attached hydrogen (secondary N) is 1. The van der Waals surface area contributed by atoms with E-state index >= 15 is 0 Å². The third-order valence-corrected chi connectivity index (χ3v) is 3.60. The highest BCUT2D eigenvalue weighted by atomic mass is 16.7. The lowest BCUT2D eigenvalue weighted by atomic mass is 10.1. The van der Waals surface area contributed by atoms with Gasteiger partial charge in [-0.2, -0.15) is 0 Å². The van der Waals surface area contributed by atoms with E-state index < -0.39 is 24.2 Å². The van der Waals surface area contributed by atoms with Gasteiger partial charge in [-0.25, -0.2) is 0 Å². The minimum Gasteiger partial charge on any atom is -0.466 e. The number of aliphatic hydroxyl groups excluding tert-OH is 1. The number of rotatable bonds is 9. The molecular weight excluding hydrogens is 330 g/mol. The van der Waals surface area contributed by atoms with E-state index in [9.17, 15) is 14.7 Å². The molecule has 1 amide bonds. The van der Waals surface area contributed by atoms with Crippen LogP contribution < -0.4 is 14.8 Å². The van der Waals surface area contributed by atoms with Crippen molar-refractivity contribution in [3.05, 3.63) is 23.8 Å². The molecule has 8 heteroatoms. The van der Waals surface area contributed by atoms with Crippen LogP contribution in [0.1, 0.15) is 37.0 Å². The summed E-state index contributed by atoms with van der Waals surface area (Å²) < 4.78 is 20.5. The Hall–Kier alpha value is -2.32. The van der Waals surface area contributed by atoms with Crippen LogP contribution in [0.25, 0.3) is 0 Å². The SMILES string of the molecule is CCOC(=O)CC[C@H](NC(=O)c1ccc2c(c1)OCO2)C(O)OCC. The Labute approximate surface area is 146 Å². The molecule has 2 rings (SSSR count). The van der Waals surface area contributed by atoms with Gasteiger partial charge in [-0.05, 0) is 38.5 Å². The second-order valence-corrected chi connectivity index (χ2v) is 5.34. The van der Waals surface area contributed by atoms with Crippen molar-refractivity contribution in [2.45, 2.75) is 39.0 Å². The van der Waals surface area contributed by atoms with Crippen LogP contribution in [-0.2, 0) is 14.3 Å². The molecule has 2 N–H and O–H groups in total. The number of benzene rings is 1. The zero-order valence-corrected chi connectivity index (χ0v) is 14.3. The summed E-state index contributed by atoms with van der Waals surface area (Å²) in [4.78, 5) is 24.0. The Morgan fingerprint density at radius 2 is 2.00 bits per heavy atom. The quantitative estimate of drug-likeness (QED) is 0.508. The summed E-state index contributed by atoms with van der Waals surface area (Å²) in [7, 11) is 0. The highest BCUT2D eigenvalue weighted by Gasteiger charge is 2.24. The monoisotopic (exact) mass is 353 g/mol. The molecule has 1 heterocycles. The Morgan fingerprint density at radius 3 is 2.72 bits per heavy atom. The number of carbonyl (C=O) groups excluding carboxylic acids is 2. The lowest BCUT2D eigenvalue weighted by Gasteiger charge is -2.23. The molecule has 0 saturated carbocycles. The first-order valence-corrected chi connectivity index (χ1v) is 8.21. The van der Waals surface area contributed by atoms with E-state index in [-0.39, 0.29) is 32.8 Å². The predicted octanol–water partition coefficient (Wildman–Crippen LogP) is 1.21. The predicted molar refractivity (Wildman–Crippen MR) is 87.3 cm³/mol. The van der Waals surface area contributed by atoms with Crippen molar-refractivity contribution in [1.29, 1.82) is 0 Å². The summed E-state index contributed by atoms with van der Waals surface area (Å²) in [5.74, 6) is 0.255. The van der Waals surface area contributed by atoms with Gasteiger partial charge in [0.15, 0.2) is 17.8 Å². The number of esters is 1. The molecule has 25 heavy (non-hydrogen) atoms. The maximum Gasteiger partial charge on any atom is 0.305 e. The summed E-state index contributed by atoms with van der Waals surface area (Å²) in [6.07, 6.45) is -0.974. The van der Waals surface area contributed by atoms with Crippen LogP contribution in [0.3, 0.4) is 0 Å². The number of carbonyl (C=O) groups is 2. The molecular formula is C17H23NO7. The minimum atomic E-state index is -1.22. The third kappa shape index (κ3) is 5.33. The smallest absolute Gasteiger partial charge is 0.305 e. The number of hydrogen-bond acceptors (Lipinski definition) is 7. The van der Waals surface area contributed by atoms with Crippen molar-refractivity contribution in [1.82, 2.24) is 5.32 Å². The van der Waals surface area contributed by atoms with Crippen molar-refractivity contribution in [3.8, 4) is 11.5 Å². The van der Waals surface area contributed by atoms with Gasteiger partial charge >= 0.3 is 5.97 Å². The fourth-order valence-corrected chi connectivity index (χ4v) is 2.37. The van der Waals surface area contributed by atoms with Gasteiger partial charge < -0.3 is 29.4 Å². The first-order valence-electron chi connectivity index (χ1n) is 8.21. The third-order valence-electron chi connectivity index (χ3n) is 3.60. The lowest BCUT2D eigenvalue weighted by molar-refractivity contribution is -0.145. The molecule has 0 aromatic heterocycles. The van der Waals surface area contributed by atoms with Gasteiger partial charge in [-0.15, -0.1) is 0 Å². The molecule has 1 aliphatic rings. The Morgan fingerprint density at radius 1 is 1.24 bits per heavy atom. The van der Waals surface area contributed by atoms with E-state index in [2.05, 4.69) is 5.32 Å². The Bertz CT molecular complexity index is 605. The maximum atomic E-state index is 12.4. The molecule has 0 fully saturated rings. The van der Waals surface area contributed by atoms with Gasteiger partial charge in [-0.1, -0.05) is 0 Å². The first kappa shape index (κ1) is 19.0. The number of aliphatic hydroxyl groups is 1. The Kier molecular flexibility index (Phi) is 7.03. The Balaban J connectivity index is 2.01. The van der Waals surface area contributed by atoms with Crippen LogP contribution in [0.5, 0.6) is 11.5 Å². The molecule has 0 bridgehead atoms. The highest BCUT2D eigenvalue weighted by molar-refractivity contribution is 5.95. The van der Waals surface area contributed by atoms with Crippen LogP contribution in [0.4, 0.5) is 0 Å². The van der Waals surface area contributed by atoms with E-state index in [4.69, 9.17) is 18.9 Å². The largest absolute Gasteiger partial charge is 0.466 e. The van der Waals surface area contributed by atoms with E-state index in [1.54, 1.807) is 32.0 Å². The summed E-state index contributed by atoms with van der Waals surface area (Å²) >= 11 is 0. The molecule has 0 radical (unpaired) electrons. The zero-order chi connectivity index (χ0) is 18.2. The van der Waals surface area contributed by atoms with Crippen LogP contribution in [-0.4, -0.2) is 49.3 Å². The van der Waals surface area contributed by atoms with Gasteiger partial charge in [0.25, 0.3) is 5.91 Å². The van der Waals surface area contributed by atoms with Crippen molar-refractivity contribution in [2.24, 2.45) is 0 Å². The van der Waals surface area contributed by atoms with Crippen LogP contribution in [0.2, 0.25) is 0 Å². The summed E-state index contributed by atoms with van der Waals surface area (Å²) in [6, 6.07) is 4.05. The van der Waals surface area contributed by atoms with Gasteiger partial charge in [-0.3, -0.25) is 9.59 Å². The number of hydrogen-bond donors (Lipinski definition) is 2. The lowest BCUT2D eigenvalue weighted by Crippen LogP contribution is -2.45. The van der Waals surface area contributed by atoms with Crippen molar-refractivity contribution in [2.75, 3.05) is 20.0 Å². The fourth-order valence-electron chi connectivity index (χ4n) is 2.37. The van der Waals surface area contributed by atoms with Gasteiger partial charge in [0, 0.05) is 18.6 Å². The van der Waals surface area contributed by atoms with Crippen LogP contribution in [0.15, 0.2) is 18.2 Å². The summed E-state index contributed by atoms with van der Waals surface area (Å²) in [5, 5.41) is 12.8. The standard InChI is InChI=1S/C17H23NO7/c1-3-22-15(19)8-6-12(17(21)23-4-2)18-16(20)11-5-7-13-14(9-11)25-10-24-13/h5,7,9,12,17,21H,3-4,6,8,10H2,1-2H3,(H,18,20)/t12-,17?/m0/s1. The summed E-state index contributed by atoms with van der Waals surface area (Å²) in [6.45, 7) is 4.11. The van der Waals surface area contributed by atoms with Crippen molar-refractivity contribution in [3.63, 3.8) is 0 Å². The normalized spacial score (nSPS) is 14.7. The molecule has 0 spiro atoms. The maximum absolute atomic E-state index is 12.4. The molecule has 2 atom stereocenters. The van der Waals surface area contributed by atoms with E-state index in [0.717, 1.165) is 0 Å². The van der Waals surface area contributed by atoms with E-state index in [0.29, 0.717) is 17.1 Å². The van der Waals surface area contributed by atoms with Crippen molar-refractivity contribution < 1.29 is 33.6 Å². The van der Waals surface area contributed by atoms with Crippen molar-refractivity contribution >= 4 is 11.9 Å². The molecule has 1 unspecified atom stereocenters. The fraction of sp³-hybridized carbons (Fsp3) is 0.529. The second-order valence-electron chi connectivity index (χ2n) is 5.34. The van der Waals surface area contributed by atoms with Gasteiger partial charge in [0.2, 0.25) is 6.79 Å². The van der Waals surface area contributed by atoms with E-state index in [1.807, 2.05) is 0 Å². The number of fused-ring (bicyclic) bond motifs is 1. The molecule has 0 saturated heterocycles. The minimum absolute atomic E-state index is 0.0596. The average molecular weight is 353 g/mol. The second kappa shape index (κ2) is 9.24. The number of amides is 1. The molecule has 138 valence electrons. The van der Waals surface area contributed by atoms with Gasteiger partial charge in [0.1, 0.15) is 0 Å². The van der Waals surface area contributed by atoms with Crippen LogP contribution in [0, 0.1) is 0 Å². The van der Waals surface area contributed by atoms with Gasteiger partial charge in [0.05, 0.1) is 12.6 Å². The topological polar surface area (TPSA) is 103 Å². The first-order chi connectivity index (χ1) is 12.0. The molecule has 1 aliphatic heterocycles. The molecule has 8 nitrogen and oxygen atoms in total. The highest BCUT2D eigenvalue weighted by Crippen LogP contribution is 2.32. The zero-order valence-electron chi connectivity index (χ0n) is 14.3. The van der Waals surface area contributed by atoms with Crippen LogP contribution >= 0.6 is 0 Å². The summed E-state index contributed by atoms with van der Waals surface area (Å²) in [5.41, 5.74) is 0.356. The average Bonchev–Trinajstić information content (AvgIpc) is 3.06. The van der Waals surface area contributed by atoms with E-state index in [1.165, 1.54) is 0 Å². The molecule has 1 aromatic rings. The molecule has 1 aromatic carbocycles. The number of ether oxygens (including phenoxy) is 4.